The molecule has 1 fully saturated rings. The van der Waals surface area contributed by atoms with Crippen LogP contribution in [-0.4, -0.2) is 46.9 Å². The van der Waals surface area contributed by atoms with Gasteiger partial charge in [0.25, 0.3) is 15.9 Å². The first-order valence-corrected chi connectivity index (χ1v) is 12.1. The van der Waals surface area contributed by atoms with Crippen LogP contribution >= 0.6 is 11.8 Å². The fourth-order valence-electron chi connectivity index (χ4n) is 2.81. The van der Waals surface area contributed by atoms with Gasteiger partial charge in [-0.2, -0.15) is 11.8 Å². The number of nitrogens with zero attached hydrogens (tertiary/aromatic N) is 3. The highest BCUT2D eigenvalue weighted by molar-refractivity contribution is 7.99. The van der Waals surface area contributed by atoms with Crippen molar-refractivity contribution in [3.63, 3.8) is 0 Å². The molecule has 9 nitrogen and oxygen atoms in total. The molecule has 0 spiro atoms. The molecule has 1 amide bonds. The molecule has 1 atom stereocenters. The average Bonchev–Trinajstić information content (AvgIpc) is 3.28. The molecule has 1 saturated heterocycles. The molecule has 2 N–H and O–H groups in total. The normalized spacial score (nSPS) is 15.9. The lowest BCUT2D eigenvalue weighted by Gasteiger charge is -2.11. The number of sulfonamides is 1. The highest BCUT2D eigenvalue weighted by Gasteiger charge is 2.18. The van der Waals surface area contributed by atoms with E-state index in [1.54, 1.807) is 18.2 Å². The largest absolute Gasteiger partial charge is 0.473 e. The van der Waals surface area contributed by atoms with E-state index >= 15 is 0 Å². The van der Waals surface area contributed by atoms with E-state index in [-0.39, 0.29) is 22.9 Å². The molecule has 1 aliphatic rings. The molecule has 1 aromatic carbocycles. The predicted octanol–water partition coefficient (Wildman–Crippen LogP) is 2.81. The van der Waals surface area contributed by atoms with E-state index in [4.69, 9.17) is 4.74 Å². The van der Waals surface area contributed by atoms with E-state index in [0.717, 1.165) is 17.9 Å². The lowest BCUT2D eigenvalue weighted by atomic mass is 10.2. The number of aromatic nitrogens is 3. The SMILES string of the molecule is O=C(Nc1ccc(S(=O)(=O)Nc2ncccn2)cc1)c1ccc(OC2CCSC2)nc1. The second kappa shape index (κ2) is 9.31. The van der Waals surface area contributed by atoms with Crippen molar-refractivity contribution in [2.75, 3.05) is 21.5 Å². The maximum atomic E-state index is 12.5. The van der Waals surface area contributed by atoms with Crippen molar-refractivity contribution in [1.29, 1.82) is 0 Å². The first-order valence-electron chi connectivity index (χ1n) is 9.41. The van der Waals surface area contributed by atoms with Gasteiger partial charge in [-0.05, 0) is 48.6 Å². The summed E-state index contributed by atoms with van der Waals surface area (Å²) < 4.78 is 32.9. The molecule has 0 saturated carbocycles. The molecule has 2 aromatic heterocycles. The van der Waals surface area contributed by atoms with Crippen LogP contribution < -0.4 is 14.8 Å². The van der Waals surface area contributed by atoms with Gasteiger partial charge in [-0.25, -0.2) is 28.1 Å². The van der Waals surface area contributed by atoms with Crippen LogP contribution in [-0.2, 0) is 10.0 Å². The molecule has 1 unspecified atom stereocenters. The Hall–Kier alpha value is -3.18. The molecule has 31 heavy (non-hydrogen) atoms. The third kappa shape index (κ3) is 5.50. The van der Waals surface area contributed by atoms with Crippen molar-refractivity contribution >= 4 is 39.3 Å². The van der Waals surface area contributed by atoms with E-state index in [2.05, 4.69) is 25.0 Å². The van der Waals surface area contributed by atoms with Gasteiger partial charge < -0.3 is 10.1 Å². The monoisotopic (exact) mass is 457 g/mol. The van der Waals surface area contributed by atoms with Crippen LogP contribution in [0.5, 0.6) is 5.88 Å². The Kier molecular flexibility index (Phi) is 6.33. The van der Waals surface area contributed by atoms with Gasteiger partial charge in [0.2, 0.25) is 11.8 Å². The maximum absolute atomic E-state index is 12.5. The number of hydrogen-bond acceptors (Lipinski definition) is 8. The zero-order chi connectivity index (χ0) is 21.7. The number of rotatable bonds is 7. The van der Waals surface area contributed by atoms with Gasteiger partial charge in [-0.3, -0.25) is 4.79 Å². The number of pyridine rings is 1. The number of amides is 1. The molecule has 0 aliphatic carbocycles. The van der Waals surface area contributed by atoms with Crippen molar-refractivity contribution in [2.24, 2.45) is 0 Å². The number of carbonyl (C=O) groups is 1. The number of thioether (sulfide) groups is 1. The fraction of sp³-hybridized carbons (Fsp3) is 0.200. The molecule has 0 radical (unpaired) electrons. The standard InChI is InChI=1S/C20H19N5O4S2/c26-19(14-2-7-18(23-12-14)29-16-8-11-30-13-16)24-15-3-5-17(6-4-15)31(27,28)25-20-21-9-1-10-22-20/h1-7,9-10,12,16H,8,11,13H2,(H,24,26)(H,21,22,25). The van der Waals surface area contributed by atoms with E-state index in [1.165, 1.54) is 42.9 Å². The van der Waals surface area contributed by atoms with Crippen molar-refractivity contribution in [2.45, 2.75) is 17.4 Å². The molecular formula is C20H19N5O4S2. The Morgan fingerprint density at radius 1 is 1.06 bits per heavy atom. The van der Waals surface area contributed by atoms with Gasteiger partial charge in [-0.1, -0.05) is 0 Å². The number of hydrogen-bond donors (Lipinski definition) is 2. The van der Waals surface area contributed by atoms with Crippen LogP contribution in [0.1, 0.15) is 16.8 Å². The third-order valence-electron chi connectivity index (χ3n) is 4.39. The first kappa shape index (κ1) is 21.1. The molecule has 11 heteroatoms. The summed E-state index contributed by atoms with van der Waals surface area (Å²) in [5.74, 6) is 2.15. The summed E-state index contributed by atoms with van der Waals surface area (Å²) in [6.45, 7) is 0. The van der Waals surface area contributed by atoms with E-state index < -0.39 is 10.0 Å². The summed E-state index contributed by atoms with van der Waals surface area (Å²) in [6, 6.07) is 10.7. The first-order chi connectivity index (χ1) is 15.0. The van der Waals surface area contributed by atoms with Crippen molar-refractivity contribution < 1.29 is 17.9 Å². The smallest absolute Gasteiger partial charge is 0.264 e. The molecule has 4 rings (SSSR count). The summed E-state index contributed by atoms with van der Waals surface area (Å²) in [5, 5.41) is 2.72. The van der Waals surface area contributed by atoms with Gasteiger partial charge in [0.1, 0.15) is 6.10 Å². The van der Waals surface area contributed by atoms with E-state index in [0.29, 0.717) is 17.1 Å². The Morgan fingerprint density at radius 2 is 1.84 bits per heavy atom. The van der Waals surface area contributed by atoms with E-state index in [9.17, 15) is 13.2 Å². The number of ether oxygens (including phenoxy) is 1. The minimum atomic E-state index is -3.84. The minimum Gasteiger partial charge on any atom is -0.473 e. The van der Waals surface area contributed by atoms with Crippen LogP contribution in [0.15, 0.2) is 66.0 Å². The second-order valence-corrected chi connectivity index (χ2v) is 9.48. The van der Waals surface area contributed by atoms with Gasteiger partial charge >= 0.3 is 0 Å². The molecule has 160 valence electrons. The summed E-state index contributed by atoms with van der Waals surface area (Å²) in [5.41, 5.74) is 0.816. The average molecular weight is 458 g/mol. The number of anilines is 2. The summed E-state index contributed by atoms with van der Waals surface area (Å²) in [4.78, 5) is 24.4. The topological polar surface area (TPSA) is 123 Å². The van der Waals surface area contributed by atoms with Gasteiger partial charge in [-0.15, -0.1) is 0 Å². The predicted molar refractivity (Wildman–Crippen MR) is 118 cm³/mol. The van der Waals surface area contributed by atoms with Crippen LogP contribution in [0.4, 0.5) is 11.6 Å². The van der Waals surface area contributed by atoms with Crippen LogP contribution in [0.2, 0.25) is 0 Å². The Bertz CT molecular complexity index is 1130. The van der Waals surface area contributed by atoms with Crippen LogP contribution in [0.25, 0.3) is 0 Å². The fourth-order valence-corrected chi connectivity index (χ4v) is 4.86. The molecule has 3 aromatic rings. The van der Waals surface area contributed by atoms with Crippen molar-refractivity contribution in [3.8, 4) is 5.88 Å². The zero-order valence-corrected chi connectivity index (χ0v) is 17.9. The molecular weight excluding hydrogens is 438 g/mol. The maximum Gasteiger partial charge on any atom is 0.264 e. The highest BCUT2D eigenvalue weighted by Crippen LogP contribution is 2.22. The summed E-state index contributed by atoms with van der Waals surface area (Å²) >= 11 is 1.85. The molecule has 1 aliphatic heterocycles. The third-order valence-corrected chi connectivity index (χ3v) is 6.86. The quantitative estimate of drug-likeness (QED) is 0.555. The Balaban J connectivity index is 1.37. The van der Waals surface area contributed by atoms with Crippen LogP contribution in [0.3, 0.4) is 0 Å². The number of benzene rings is 1. The van der Waals surface area contributed by atoms with E-state index in [1.807, 2.05) is 11.8 Å². The Labute approximate surface area is 183 Å². The zero-order valence-electron chi connectivity index (χ0n) is 16.3. The lowest BCUT2D eigenvalue weighted by Crippen LogP contribution is -2.16. The second-order valence-electron chi connectivity index (χ2n) is 6.64. The van der Waals surface area contributed by atoms with Crippen molar-refractivity contribution in [1.82, 2.24) is 15.0 Å². The van der Waals surface area contributed by atoms with Gasteiger partial charge in [0.15, 0.2) is 0 Å². The molecule has 3 heterocycles. The lowest BCUT2D eigenvalue weighted by molar-refractivity contribution is 0.102. The Morgan fingerprint density at radius 3 is 2.48 bits per heavy atom. The van der Waals surface area contributed by atoms with Crippen LogP contribution in [0, 0.1) is 0 Å². The molecule has 0 bridgehead atoms. The number of nitrogens with one attached hydrogen (secondary N) is 2. The summed E-state index contributed by atoms with van der Waals surface area (Å²) in [6.07, 6.45) is 5.48. The summed E-state index contributed by atoms with van der Waals surface area (Å²) in [7, 11) is -3.84. The minimum absolute atomic E-state index is 0.0196. The highest BCUT2D eigenvalue weighted by atomic mass is 32.2. The van der Waals surface area contributed by atoms with Gasteiger partial charge in [0.05, 0.1) is 10.5 Å². The van der Waals surface area contributed by atoms with Gasteiger partial charge in [0, 0.05) is 36.1 Å². The van der Waals surface area contributed by atoms with Crippen molar-refractivity contribution in [3.05, 3.63) is 66.6 Å². The number of carbonyl (C=O) groups excluding carboxylic acids is 1.